The van der Waals surface area contributed by atoms with Crippen molar-refractivity contribution in [1.82, 2.24) is 0 Å². The lowest BCUT2D eigenvalue weighted by Gasteiger charge is -2.64. The summed E-state index contributed by atoms with van der Waals surface area (Å²) in [7, 11) is -3.37. The van der Waals surface area contributed by atoms with Crippen molar-refractivity contribution in [2.75, 3.05) is 12.4 Å². The van der Waals surface area contributed by atoms with E-state index in [9.17, 15) is 23.4 Å². The highest BCUT2D eigenvalue weighted by molar-refractivity contribution is 7.92. The summed E-state index contributed by atoms with van der Waals surface area (Å²) < 4.78 is 30.0. The van der Waals surface area contributed by atoms with Crippen molar-refractivity contribution >= 4 is 15.8 Å². The summed E-state index contributed by atoms with van der Waals surface area (Å²) in [5.41, 5.74) is 0.387. The Morgan fingerprint density at radius 1 is 0.974 bits per heavy atom. The molecule has 218 valence electrons. The molecule has 0 aromatic carbocycles. The van der Waals surface area contributed by atoms with E-state index in [2.05, 4.69) is 27.7 Å². The van der Waals surface area contributed by atoms with E-state index in [0.717, 1.165) is 57.8 Å². The van der Waals surface area contributed by atoms with Gasteiger partial charge in [-0.15, -0.1) is 0 Å². The average Bonchev–Trinajstić information content (AvgIpc) is 3.15. The first-order chi connectivity index (χ1) is 17.9. The van der Waals surface area contributed by atoms with Crippen LogP contribution in [0.25, 0.3) is 0 Å². The van der Waals surface area contributed by atoms with E-state index in [4.69, 9.17) is 4.74 Å². The van der Waals surface area contributed by atoms with Crippen LogP contribution in [0.1, 0.15) is 105 Å². The Hall–Kier alpha value is -0.660. The van der Waals surface area contributed by atoms with E-state index < -0.39 is 21.6 Å². The monoisotopic (exact) mass is 552 g/mol. The molecule has 11 atom stereocenters. The number of hydrogen-bond acceptors (Lipinski definition) is 6. The fraction of sp³-hybridized carbons (Fsp3) is 0.968. The van der Waals surface area contributed by atoms with Crippen LogP contribution in [0.3, 0.4) is 0 Å². The lowest BCUT2D eigenvalue weighted by molar-refractivity contribution is -0.203. The van der Waals surface area contributed by atoms with E-state index in [1.807, 2.05) is 0 Å². The number of carbonyl (C=O) groups excluding carboxylic acids is 1. The van der Waals surface area contributed by atoms with Gasteiger partial charge in [-0.3, -0.25) is 4.79 Å². The summed E-state index contributed by atoms with van der Waals surface area (Å²) in [5.74, 6) is 1.89. The van der Waals surface area contributed by atoms with Crippen LogP contribution in [0.5, 0.6) is 0 Å². The standard InChI is InChI=1S/C31H52O6S/c1-5-22-26-17-20(32)11-14-31(26,4)25-12-15-30(3)23(9-10-24(30)28(25)29(22)34)19(2)13-16-37-27(33)18-38(35,36)21-7-6-8-21/h19-26,28-29,32,34H,5-18H2,1-4H3/t19-,20-,22-,23-,24+,25+,26+,28+,29-,30-,31-/m1/s1. The molecule has 5 aliphatic rings. The fourth-order valence-corrected chi connectivity index (χ4v) is 12.2. The minimum Gasteiger partial charge on any atom is -0.465 e. The Labute approximate surface area is 230 Å². The zero-order valence-electron chi connectivity index (χ0n) is 24.1. The Morgan fingerprint density at radius 2 is 1.66 bits per heavy atom. The predicted octanol–water partition coefficient (Wildman–Crippen LogP) is 5.15. The number of ether oxygens (including phenoxy) is 1. The van der Waals surface area contributed by atoms with Gasteiger partial charge in [0.15, 0.2) is 9.84 Å². The van der Waals surface area contributed by atoms with Gasteiger partial charge in [-0.1, -0.05) is 40.5 Å². The van der Waals surface area contributed by atoms with Crippen molar-refractivity contribution in [3.05, 3.63) is 0 Å². The molecule has 2 N–H and O–H groups in total. The third-order valence-electron chi connectivity index (χ3n) is 12.9. The fourth-order valence-electron chi connectivity index (χ4n) is 10.5. The summed E-state index contributed by atoms with van der Waals surface area (Å²) >= 11 is 0. The van der Waals surface area contributed by atoms with Gasteiger partial charge in [0.1, 0.15) is 5.75 Å². The molecule has 0 aromatic rings. The molecule has 0 amide bonds. The van der Waals surface area contributed by atoms with Crippen LogP contribution in [0.2, 0.25) is 0 Å². The normalized spacial score (nSPS) is 45.8. The van der Waals surface area contributed by atoms with Gasteiger partial charge < -0.3 is 14.9 Å². The Morgan fingerprint density at radius 3 is 2.32 bits per heavy atom. The molecule has 0 spiro atoms. The van der Waals surface area contributed by atoms with Crippen molar-refractivity contribution in [3.8, 4) is 0 Å². The molecule has 5 aliphatic carbocycles. The molecule has 38 heavy (non-hydrogen) atoms. The molecule has 0 unspecified atom stereocenters. The van der Waals surface area contributed by atoms with Crippen LogP contribution in [-0.2, 0) is 19.4 Å². The Bertz CT molecular complexity index is 977. The molecule has 0 heterocycles. The Kier molecular flexibility index (Phi) is 8.07. The molecule has 0 aromatic heterocycles. The molecular weight excluding hydrogens is 500 g/mol. The van der Waals surface area contributed by atoms with E-state index >= 15 is 0 Å². The minimum absolute atomic E-state index is 0.175. The highest BCUT2D eigenvalue weighted by Crippen LogP contribution is 2.69. The molecule has 5 saturated carbocycles. The molecule has 0 aliphatic heterocycles. The van der Waals surface area contributed by atoms with Crippen molar-refractivity contribution in [3.63, 3.8) is 0 Å². The molecule has 7 heteroatoms. The van der Waals surface area contributed by atoms with E-state index in [0.29, 0.717) is 48.3 Å². The molecular formula is C31H52O6S. The lowest BCUT2D eigenvalue weighted by atomic mass is 9.41. The number of hydrogen-bond donors (Lipinski definition) is 2. The van der Waals surface area contributed by atoms with Gasteiger partial charge in [-0.25, -0.2) is 8.42 Å². The second-order valence-electron chi connectivity index (χ2n) is 14.5. The molecule has 0 bridgehead atoms. The van der Waals surface area contributed by atoms with E-state index in [1.165, 1.54) is 6.42 Å². The zero-order chi connectivity index (χ0) is 27.5. The molecule has 6 nitrogen and oxygen atoms in total. The number of sulfone groups is 1. The molecule has 5 fully saturated rings. The first kappa shape index (κ1) is 28.9. The SMILES string of the molecule is CC[C@H]1[C@@H](O)[C@@H]2[C@H](CC[C@]3(C)[C@@H]([C@H](C)CCOC(=O)CS(=O)(=O)C4CCC4)CC[C@@H]23)[C@@]2(C)CC[C@@H](O)C[C@@H]12. The molecule has 5 rings (SSSR count). The number of rotatable bonds is 8. The van der Waals surface area contributed by atoms with Crippen molar-refractivity contribution in [1.29, 1.82) is 0 Å². The van der Waals surface area contributed by atoms with Gasteiger partial charge in [0.05, 0.1) is 24.1 Å². The lowest BCUT2D eigenvalue weighted by Crippen LogP contribution is -2.62. The maximum Gasteiger partial charge on any atom is 0.321 e. The molecule has 0 saturated heterocycles. The highest BCUT2D eigenvalue weighted by Gasteiger charge is 2.64. The van der Waals surface area contributed by atoms with Gasteiger partial charge in [0.25, 0.3) is 0 Å². The smallest absolute Gasteiger partial charge is 0.321 e. The van der Waals surface area contributed by atoms with Crippen LogP contribution < -0.4 is 0 Å². The summed E-state index contributed by atoms with van der Waals surface area (Å²) in [6.07, 6.45) is 11.0. The van der Waals surface area contributed by atoms with Crippen LogP contribution in [0.15, 0.2) is 0 Å². The van der Waals surface area contributed by atoms with Gasteiger partial charge in [-0.05, 0) is 116 Å². The van der Waals surface area contributed by atoms with Gasteiger partial charge >= 0.3 is 5.97 Å². The number of carbonyl (C=O) groups is 1. The first-order valence-corrected chi connectivity index (χ1v) is 17.4. The third-order valence-corrected chi connectivity index (χ3v) is 15.0. The summed E-state index contributed by atoms with van der Waals surface area (Å²) in [6.45, 7) is 9.72. The summed E-state index contributed by atoms with van der Waals surface area (Å²) in [5, 5.41) is 22.0. The topological polar surface area (TPSA) is 101 Å². The molecule has 0 radical (unpaired) electrons. The Balaban J connectivity index is 1.23. The van der Waals surface area contributed by atoms with E-state index in [-0.39, 0.29) is 40.8 Å². The number of fused-ring (bicyclic) bond motifs is 5. The van der Waals surface area contributed by atoms with Crippen LogP contribution >= 0.6 is 0 Å². The van der Waals surface area contributed by atoms with Crippen LogP contribution in [0.4, 0.5) is 0 Å². The second kappa shape index (κ2) is 10.6. The van der Waals surface area contributed by atoms with Crippen molar-refractivity contribution < 1.29 is 28.2 Å². The second-order valence-corrected chi connectivity index (χ2v) is 16.7. The summed E-state index contributed by atoms with van der Waals surface area (Å²) in [4.78, 5) is 12.3. The average molecular weight is 553 g/mol. The third kappa shape index (κ3) is 4.78. The number of esters is 1. The van der Waals surface area contributed by atoms with Gasteiger partial charge in [0.2, 0.25) is 0 Å². The van der Waals surface area contributed by atoms with Gasteiger partial charge in [0, 0.05) is 0 Å². The van der Waals surface area contributed by atoms with Crippen molar-refractivity contribution in [2.24, 2.45) is 52.3 Å². The largest absolute Gasteiger partial charge is 0.465 e. The number of aliphatic hydroxyl groups excluding tert-OH is 2. The minimum atomic E-state index is -3.37. The van der Waals surface area contributed by atoms with Crippen molar-refractivity contribution in [2.45, 2.75) is 122 Å². The highest BCUT2D eigenvalue weighted by atomic mass is 32.2. The maximum atomic E-state index is 12.3. The van der Waals surface area contributed by atoms with Crippen LogP contribution in [-0.4, -0.2) is 54.4 Å². The maximum absolute atomic E-state index is 12.3. The number of aliphatic hydroxyl groups is 2. The van der Waals surface area contributed by atoms with Gasteiger partial charge in [-0.2, -0.15) is 0 Å². The van der Waals surface area contributed by atoms with E-state index in [1.54, 1.807) is 0 Å². The predicted molar refractivity (Wildman–Crippen MR) is 148 cm³/mol. The summed E-state index contributed by atoms with van der Waals surface area (Å²) in [6, 6.07) is 0. The van der Waals surface area contributed by atoms with Crippen LogP contribution in [0, 0.1) is 52.3 Å². The quantitative estimate of drug-likeness (QED) is 0.404. The first-order valence-electron chi connectivity index (χ1n) is 15.7. The zero-order valence-corrected chi connectivity index (χ0v) is 24.9.